The van der Waals surface area contributed by atoms with Crippen LogP contribution in [0.25, 0.3) is 22.3 Å². The van der Waals surface area contributed by atoms with Gasteiger partial charge in [-0.2, -0.15) is 0 Å². The third-order valence-electron chi connectivity index (χ3n) is 3.43. The lowest BCUT2D eigenvalue weighted by Gasteiger charge is -2.05. The minimum Gasteiger partial charge on any atom is -0.487 e. The molecule has 0 fully saturated rings. The average molecular weight is 291 g/mol. The number of nitrogens with zero attached hydrogens (tertiary/aromatic N) is 1. The molecule has 22 heavy (non-hydrogen) atoms. The van der Waals surface area contributed by atoms with Crippen molar-refractivity contribution in [2.75, 3.05) is 0 Å². The van der Waals surface area contributed by atoms with E-state index in [0.717, 1.165) is 16.8 Å². The van der Waals surface area contributed by atoms with Crippen molar-refractivity contribution < 1.29 is 13.7 Å². The normalized spacial score (nSPS) is 10.9. The lowest BCUT2D eigenvalue weighted by molar-refractivity contribution is 0.290. The molecule has 0 saturated carbocycles. The summed E-state index contributed by atoms with van der Waals surface area (Å²) in [5.74, 6) is 2.06. The molecule has 2 aromatic carbocycles. The topological polar surface area (TPSA) is 48.4 Å². The zero-order chi connectivity index (χ0) is 14.8. The Balaban J connectivity index is 1.49. The van der Waals surface area contributed by atoms with E-state index in [4.69, 9.17) is 13.7 Å². The van der Waals surface area contributed by atoms with Crippen molar-refractivity contribution >= 4 is 10.8 Å². The van der Waals surface area contributed by atoms with Crippen LogP contribution in [-0.4, -0.2) is 5.16 Å². The Bertz CT molecular complexity index is 894. The van der Waals surface area contributed by atoms with Gasteiger partial charge in [-0.25, -0.2) is 0 Å². The van der Waals surface area contributed by atoms with Gasteiger partial charge in [0.15, 0.2) is 5.76 Å². The third kappa shape index (κ3) is 2.46. The Labute approximate surface area is 126 Å². The van der Waals surface area contributed by atoms with E-state index < -0.39 is 0 Å². The van der Waals surface area contributed by atoms with Crippen molar-refractivity contribution in [3.8, 4) is 17.3 Å². The molecule has 0 radical (unpaired) electrons. The predicted octanol–water partition coefficient (Wildman–Crippen LogP) is 4.67. The average Bonchev–Trinajstić information content (AvgIpc) is 3.24. The summed E-state index contributed by atoms with van der Waals surface area (Å²) in [7, 11) is 0. The fraction of sp³-hybridized carbons (Fsp3) is 0.0556. The van der Waals surface area contributed by atoms with Gasteiger partial charge in [-0.1, -0.05) is 35.5 Å². The molecule has 0 saturated heterocycles. The van der Waals surface area contributed by atoms with E-state index in [9.17, 15) is 0 Å². The first-order valence-corrected chi connectivity index (χ1v) is 6.99. The molecule has 0 aliphatic carbocycles. The van der Waals surface area contributed by atoms with Gasteiger partial charge in [0.2, 0.25) is 5.76 Å². The van der Waals surface area contributed by atoms with E-state index in [0.29, 0.717) is 18.1 Å². The summed E-state index contributed by atoms with van der Waals surface area (Å²) >= 11 is 0. The van der Waals surface area contributed by atoms with Crippen LogP contribution in [-0.2, 0) is 6.61 Å². The third-order valence-corrected chi connectivity index (χ3v) is 3.43. The summed E-state index contributed by atoms with van der Waals surface area (Å²) < 4.78 is 16.3. The highest BCUT2D eigenvalue weighted by Crippen LogP contribution is 2.23. The summed E-state index contributed by atoms with van der Waals surface area (Å²) in [5.41, 5.74) is 0.722. The molecule has 2 heterocycles. The first-order valence-electron chi connectivity index (χ1n) is 6.99. The van der Waals surface area contributed by atoms with Crippen molar-refractivity contribution in [2.45, 2.75) is 6.61 Å². The molecule has 0 spiro atoms. The van der Waals surface area contributed by atoms with Gasteiger partial charge in [0.1, 0.15) is 18.1 Å². The number of rotatable bonds is 4. The Kier molecular flexibility index (Phi) is 3.12. The maximum atomic E-state index is 5.78. The first kappa shape index (κ1) is 12.7. The van der Waals surface area contributed by atoms with Gasteiger partial charge >= 0.3 is 0 Å². The number of hydrogen-bond donors (Lipinski definition) is 0. The lowest BCUT2D eigenvalue weighted by Crippen LogP contribution is -1.95. The summed E-state index contributed by atoms with van der Waals surface area (Å²) in [4.78, 5) is 0. The highest BCUT2D eigenvalue weighted by molar-refractivity contribution is 5.83. The number of ether oxygens (including phenoxy) is 1. The largest absolute Gasteiger partial charge is 0.487 e. The van der Waals surface area contributed by atoms with Gasteiger partial charge < -0.3 is 13.7 Å². The molecule has 0 amide bonds. The second kappa shape index (κ2) is 5.41. The molecule has 0 aliphatic heterocycles. The molecule has 0 aliphatic rings. The van der Waals surface area contributed by atoms with Crippen LogP contribution in [0.1, 0.15) is 5.69 Å². The van der Waals surface area contributed by atoms with Gasteiger partial charge in [0.05, 0.1) is 6.26 Å². The Morgan fingerprint density at radius 1 is 0.864 bits per heavy atom. The van der Waals surface area contributed by atoms with Crippen molar-refractivity contribution in [3.05, 3.63) is 72.6 Å². The fourth-order valence-electron chi connectivity index (χ4n) is 2.33. The van der Waals surface area contributed by atoms with Crippen molar-refractivity contribution in [3.63, 3.8) is 0 Å². The molecular formula is C18H13NO3. The van der Waals surface area contributed by atoms with Gasteiger partial charge in [-0.3, -0.25) is 0 Å². The van der Waals surface area contributed by atoms with Crippen molar-refractivity contribution in [1.29, 1.82) is 0 Å². The van der Waals surface area contributed by atoms with E-state index in [1.165, 1.54) is 5.39 Å². The number of furan rings is 1. The Morgan fingerprint density at radius 3 is 2.64 bits per heavy atom. The molecule has 2 aromatic heterocycles. The molecule has 4 rings (SSSR count). The van der Waals surface area contributed by atoms with Crippen molar-refractivity contribution in [2.24, 2.45) is 0 Å². The lowest BCUT2D eigenvalue weighted by atomic mass is 10.1. The van der Waals surface area contributed by atoms with Gasteiger partial charge in [-0.15, -0.1) is 0 Å². The molecule has 0 unspecified atom stereocenters. The van der Waals surface area contributed by atoms with Gasteiger partial charge in [-0.05, 0) is 35.0 Å². The highest BCUT2D eigenvalue weighted by atomic mass is 16.5. The van der Waals surface area contributed by atoms with Crippen LogP contribution >= 0.6 is 0 Å². The quantitative estimate of drug-likeness (QED) is 0.548. The van der Waals surface area contributed by atoms with E-state index in [1.54, 1.807) is 6.26 Å². The number of hydrogen-bond acceptors (Lipinski definition) is 4. The monoisotopic (exact) mass is 291 g/mol. The summed E-state index contributed by atoms with van der Waals surface area (Å²) in [6.07, 6.45) is 1.60. The van der Waals surface area contributed by atoms with Gasteiger partial charge in [0, 0.05) is 6.07 Å². The maximum Gasteiger partial charge on any atom is 0.202 e. The summed E-state index contributed by atoms with van der Waals surface area (Å²) in [5, 5.41) is 6.33. The molecule has 0 N–H and O–H groups in total. The molecule has 4 heteroatoms. The van der Waals surface area contributed by atoms with Crippen molar-refractivity contribution in [1.82, 2.24) is 5.16 Å². The molecular weight excluding hydrogens is 278 g/mol. The predicted molar refractivity (Wildman–Crippen MR) is 82.5 cm³/mol. The Morgan fingerprint density at radius 2 is 1.77 bits per heavy atom. The number of aromatic nitrogens is 1. The second-order valence-corrected chi connectivity index (χ2v) is 4.96. The number of fused-ring (bicyclic) bond motifs is 1. The molecule has 4 nitrogen and oxygen atoms in total. The molecule has 4 aromatic rings. The minimum absolute atomic E-state index is 0.350. The molecule has 0 atom stereocenters. The van der Waals surface area contributed by atoms with E-state index in [2.05, 4.69) is 17.3 Å². The van der Waals surface area contributed by atoms with Crippen LogP contribution in [0.15, 0.2) is 75.9 Å². The summed E-state index contributed by atoms with van der Waals surface area (Å²) in [6, 6.07) is 19.6. The van der Waals surface area contributed by atoms with Crippen LogP contribution in [0.4, 0.5) is 0 Å². The minimum atomic E-state index is 0.350. The van der Waals surface area contributed by atoms with E-state index in [-0.39, 0.29) is 0 Å². The zero-order valence-electron chi connectivity index (χ0n) is 11.7. The fourth-order valence-corrected chi connectivity index (χ4v) is 2.33. The van der Waals surface area contributed by atoms with Crippen LogP contribution in [0, 0.1) is 0 Å². The van der Waals surface area contributed by atoms with Crippen LogP contribution in [0.2, 0.25) is 0 Å². The zero-order valence-corrected chi connectivity index (χ0v) is 11.7. The first-order chi connectivity index (χ1) is 10.9. The smallest absolute Gasteiger partial charge is 0.202 e. The second-order valence-electron chi connectivity index (χ2n) is 4.96. The standard InChI is InChI=1S/C18H13NO3/c1-2-5-14-10-16(8-7-13(14)4-1)21-12-15-11-18(22-19-15)17-6-3-9-20-17/h1-11H,12H2. The maximum absolute atomic E-state index is 5.78. The van der Waals surface area contributed by atoms with Crippen LogP contribution < -0.4 is 4.74 Å². The van der Waals surface area contributed by atoms with Crippen LogP contribution in [0.5, 0.6) is 5.75 Å². The Hall–Kier alpha value is -3.01. The highest BCUT2D eigenvalue weighted by Gasteiger charge is 2.09. The van der Waals surface area contributed by atoms with E-state index in [1.807, 2.05) is 48.5 Å². The van der Waals surface area contributed by atoms with E-state index >= 15 is 0 Å². The molecule has 108 valence electrons. The summed E-state index contributed by atoms with van der Waals surface area (Å²) in [6.45, 7) is 0.350. The van der Waals surface area contributed by atoms with Gasteiger partial charge in [0.25, 0.3) is 0 Å². The number of benzene rings is 2. The SMILES string of the molecule is c1coc(-c2cc(COc3ccc4ccccc4c3)no2)c1. The van der Waals surface area contributed by atoms with Crippen LogP contribution in [0.3, 0.4) is 0 Å². The molecule has 0 bridgehead atoms.